The van der Waals surface area contributed by atoms with E-state index >= 15 is 0 Å². The second kappa shape index (κ2) is 9.85. The van der Waals surface area contributed by atoms with Crippen LogP contribution in [0.5, 0.6) is 5.75 Å². The zero-order valence-electron chi connectivity index (χ0n) is 21.0. The zero-order chi connectivity index (χ0) is 26.4. The number of aliphatic imine (C=N–C) groups is 2. The monoisotopic (exact) mass is 588 g/mol. The number of amides is 1. The molecule has 0 aromatic heterocycles. The van der Waals surface area contributed by atoms with Gasteiger partial charge in [0.15, 0.2) is 11.7 Å². The number of para-hydroxylation sites is 2. The molecule has 2 atom stereocenters. The van der Waals surface area contributed by atoms with Gasteiger partial charge in [0.2, 0.25) is 0 Å². The molecular formula is C28H25BrN6O2S. The summed E-state index contributed by atoms with van der Waals surface area (Å²) in [6.45, 7) is 3.88. The number of amidine groups is 2. The smallest absolute Gasteiger partial charge is 0.255 e. The van der Waals surface area contributed by atoms with E-state index in [1.54, 1.807) is 30.1 Å². The van der Waals surface area contributed by atoms with Gasteiger partial charge >= 0.3 is 0 Å². The number of rotatable bonds is 5. The normalized spacial score (nSPS) is 20.4. The van der Waals surface area contributed by atoms with Crippen LogP contribution >= 0.6 is 27.7 Å². The Hall–Kier alpha value is -3.76. The molecule has 2 unspecified atom stereocenters. The Morgan fingerprint density at radius 2 is 1.79 bits per heavy atom. The van der Waals surface area contributed by atoms with Gasteiger partial charge in [0.1, 0.15) is 17.0 Å². The minimum Gasteiger partial charge on any atom is -0.496 e. The summed E-state index contributed by atoms with van der Waals surface area (Å²) in [5.74, 6) is 2.84. The third kappa shape index (κ3) is 4.13. The van der Waals surface area contributed by atoms with Crippen LogP contribution in [0.1, 0.15) is 30.3 Å². The van der Waals surface area contributed by atoms with E-state index in [4.69, 9.17) is 14.7 Å². The lowest BCUT2D eigenvalue weighted by Crippen LogP contribution is -2.57. The van der Waals surface area contributed by atoms with Crippen LogP contribution < -0.4 is 15.2 Å². The summed E-state index contributed by atoms with van der Waals surface area (Å²) in [5, 5.41) is 5.14. The lowest BCUT2D eigenvalue weighted by Gasteiger charge is -2.44. The maximum Gasteiger partial charge on any atom is 0.255 e. The summed E-state index contributed by atoms with van der Waals surface area (Å²) in [7, 11) is 1.65. The van der Waals surface area contributed by atoms with Gasteiger partial charge < -0.3 is 4.74 Å². The molecule has 3 aliphatic rings. The lowest BCUT2D eigenvalue weighted by atomic mass is 10.1. The number of hydrogen-bond donors (Lipinski definition) is 1. The first-order valence-electron chi connectivity index (χ1n) is 12.1. The summed E-state index contributed by atoms with van der Waals surface area (Å²) in [4.78, 5) is 23.2. The number of halogens is 1. The average molecular weight is 590 g/mol. The van der Waals surface area contributed by atoms with Crippen molar-refractivity contribution in [1.29, 1.82) is 0 Å². The Morgan fingerprint density at radius 1 is 1.03 bits per heavy atom. The van der Waals surface area contributed by atoms with Crippen LogP contribution in [-0.4, -0.2) is 40.0 Å². The molecule has 0 radical (unpaired) electrons. The molecule has 10 heteroatoms. The van der Waals surface area contributed by atoms with Gasteiger partial charge in [-0.15, -0.1) is 11.8 Å². The molecule has 0 spiro atoms. The lowest BCUT2D eigenvalue weighted by molar-refractivity contribution is -0.132. The first-order valence-corrected chi connectivity index (χ1v) is 13.9. The number of fused-ring (bicyclic) bond motifs is 3. The van der Waals surface area contributed by atoms with Gasteiger partial charge in [-0.1, -0.05) is 52.3 Å². The van der Waals surface area contributed by atoms with Crippen molar-refractivity contribution < 1.29 is 9.53 Å². The zero-order valence-corrected chi connectivity index (χ0v) is 23.4. The van der Waals surface area contributed by atoms with E-state index in [0.717, 1.165) is 44.4 Å². The molecule has 1 saturated heterocycles. The van der Waals surface area contributed by atoms with Crippen LogP contribution in [0.2, 0.25) is 0 Å². The topological polar surface area (TPSA) is 72.8 Å². The molecule has 1 fully saturated rings. The number of hydrazine groups is 2. The van der Waals surface area contributed by atoms with E-state index in [0.29, 0.717) is 5.82 Å². The van der Waals surface area contributed by atoms with Crippen molar-refractivity contribution in [3.8, 4) is 5.75 Å². The molecule has 0 aliphatic carbocycles. The predicted octanol–water partition coefficient (Wildman–Crippen LogP) is 5.97. The van der Waals surface area contributed by atoms with Crippen molar-refractivity contribution in [3.05, 3.63) is 100 Å². The van der Waals surface area contributed by atoms with E-state index in [9.17, 15) is 4.79 Å². The summed E-state index contributed by atoms with van der Waals surface area (Å²) < 4.78 is 6.58. The van der Waals surface area contributed by atoms with Gasteiger partial charge in [0.25, 0.3) is 5.91 Å². The molecule has 6 rings (SSSR count). The third-order valence-corrected chi connectivity index (χ3v) is 8.35. The van der Waals surface area contributed by atoms with Gasteiger partial charge in [-0.3, -0.25) is 10.2 Å². The maximum atomic E-state index is 13.4. The number of thioether (sulfide) groups is 1. The number of benzene rings is 3. The van der Waals surface area contributed by atoms with Gasteiger partial charge in [-0.05, 0) is 50.2 Å². The number of anilines is 1. The Morgan fingerprint density at radius 3 is 2.58 bits per heavy atom. The van der Waals surface area contributed by atoms with E-state index in [1.807, 2.05) is 96.7 Å². The molecule has 0 saturated carbocycles. The molecule has 38 heavy (non-hydrogen) atoms. The minimum absolute atomic E-state index is 0.0205. The number of carbonyl (C=O) groups is 1. The van der Waals surface area contributed by atoms with Crippen molar-refractivity contribution in [2.75, 3.05) is 12.1 Å². The molecule has 8 nitrogen and oxygen atoms in total. The fourth-order valence-electron chi connectivity index (χ4n) is 4.77. The van der Waals surface area contributed by atoms with Crippen molar-refractivity contribution in [3.63, 3.8) is 0 Å². The van der Waals surface area contributed by atoms with Crippen LogP contribution in [-0.2, 0) is 4.79 Å². The third-order valence-electron chi connectivity index (χ3n) is 6.52. The first kappa shape index (κ1) is 24.6. The number of hydrogen-bond acceptors (Lipinski definition) is 8. The van der Waals surface area contributed by atoms with Gasteiger partial charge in [-0.2, -0.15) is 0 Å². The molecule has 3 heterocycles. The number of nitrogens with one attached hydrogen (secondary N) is 1. The summed E-state index contributed by atoms with van der Waals surface area (Å²) >= 11 is 5.16. The van der Waals surface area contributed by atoms with Crippen LogP contribution in [0.4, 0.5) is 11.4 Å². The Kier molecular flexibility index (Phi) is 6.37. The van der Waals surface area contributed by atoms with Crippen molar-refractivity contribution in [2.45, 2.75) is 24.5 Å². The number of nitrogens with zero attached hydrogens (tertiary/aromatic N) is 5. The standard InChI is InChI=1S/C28H25BrN6O2S/c1-17-27(36)33(28(38-17)21-11-7-8-12-24(21)37-3)32-25-16-30-26-22-15-19(29)13-14-23(22)31-18(2)34(26)35(25)20-9-5-4-6-10-20/h4-17,28,32H,1-3H3. The SMILES string of the molecule is COc1ccccc1C1SC(C)C(=O)N1NC1=CN=C2c3cc(Br)ccc3N=C(C)N2N1c1ccccc1. The molecule has 1 N–H and O–H groups in total. The van der Waals surface area contributed by atoms with E-state index in [2.05, 4.69) is 21.4 Å². The van der Waals surface area contributed by atoms with E-state index in [1.165, 1.54) is 0 Å². The number of methoxy groups -OCH3 is 1. The average Bonchev–Trinajstić information content (AvgIpc) is 3.22. The molecule has 3 aromatic carbocycles. The molecule has 3 aromatic rings. The van der Waals surface area contributed by atoms with E-state index in [-0.39, 0.29) is 16.5 Å². The summed E-state index contributed by atoms with van der Waals surface area (Å²) in [6, 6.07) is 23.7. The Labute approximate surface area is 233 Å². The highest BCUT2D eigenvalue weighted by atomic mass is 79.9. The van der Waals surface area contributed by atoms with Crippen LogP contribution in [0.25, 0.3) is 0 Å². The first-order chi connectivity index (χ1) is 18.5. The van der Waals surface area contributed by atoms with Crippen LogP contribution in [0, 0.1) is 0 Å². The highest BCUT2D eigenvalue weighted by molar-refractivity contribution is 9.10. The number of carbonyl (C=O) groups excluding carboxylic acids is 1. The molecule has 0 bridgehead atoms. The highest BCUT2D eigenvalue weighted by Gasteiger charge is 2.42. The summed E-state index contributed by atoms with van der Waals surface area (Å²) in [6.07, 6.45) is 1.77. The minimum atomic E-state index is -0.287. The predicted molar refractivity (Wildman–Crippen MR) is 155 cm³/mol. The second-order valence-electron chi connectivity index (χ2n) is 8.94. The van der Waals surface area contributed by atoms with Gasteiger partial charge in [0.05, 0.1) is 29.9 Å². The summed E-state index contributed by atoms with van der Waals surface area (Å²) in [5.41, 5.74) is 7.00. The Bertz CT molecular complexity index is 1510. The second-order valence-corrected chi connectivity index (χ2v) is 11.3. The molecule has 192 valence electrons. The quantitative estimate of drug-likeness (QED) is 0.396. The highest BCUT2D eigenvalue weighted by Crippen LogP contribution is 2.45. The van der Waals surface area contributed by atoms with Crippen LogP contribution in [0.15, 0.2) is 99.3 Å². The Balaban J connectivity index is 1.45. The molecule has 1 amide bonds. The molecular weight excluding hydrogens is 564 g/mol. The van der Waals surface area contributed by atoms with E-state index < -0.39 is 0 Å². The fourth-order valence-corrected chi connectivity index (χ4v) is 6.36. The van der Waals surface area contributed by atoms with Gasteiger partial charge in [-0.25, -0.2) is 25.0 Å². The van der Waals surface area contributed by atoms with Crippen molar-refractivity contribution in [1.82, 2.24) is 15.4 Å². The number of ether oxygens (including phenoxy) is 1. The van der Waals surface area contributed by atoms with Crippen molar-refractivity contribution >= 4 is 56.6 Å². The van der Waals surface area contributed by atoms with Gasteiger partial charge in [0, 0.05) is 15.6 Å². The largest absolute Gasteiger partial charge is 0.496 e. The van der Waals surface area contributed by atoms with Crippen LogP contribution in [0.3, 0.4) is 0 Å². The molecule has 3 aliphatic heterocycles. The maximum absolute atomic E-state index is 13.4. The van der Waals surface area contributed by atoms with Crippen molar-refractivity contribution in [2.24, 2.45) is 9.98 Å². The fraction of sp³-hybridized carbons (Fsp3) is 0.179.